The van der Waals surface area contributed by atoms with E-state index in [1.807, 2.05) is 0 Å². The zero-order valence-electron chi connectivity index (χ0n) is 11.0. The van der Waals surface area contributed by atoms with Crippen molar-refractivity contribution in [1.82, 2.24) is 10.6 Å². The van der Waals surface area contributed by atoms with Crippen LogP contribution in [0.1, 0.15) is 32.1 Å². The van der Waals surface area contributed by atoms with Crippen molar-refractivity contribution in [2.24, 2.45) is 5.73 Å². The molecular formula is C12H23N3O3. The predicted molar refractivity (Wildman–Crippen MR) is 67.9 cm³/mol. The highest BCUT2D eigenvalue weighted by Crippen LogP contribution is 2.29. The van der Waals surface area contributed by atoms with Crippen LogP contribution in [0.3, 0.4) is 0 Å². The van der Waals surface area contributed by atoms with Crippen LogP contribution in [0.25, 0.3) is 0 Å². The molecule has 4 N–H and O–H groups in total. The van der Waals surface area contributed by atoms with Gasteiger partial charge in [-0.25, -0.2) is 0 Å². The van der Waals surface area contributed by atoms with Gasteiger partial charge in [-0.05, 0) is 12.8 Å². The Balaban J connectivity index is 2.14. The van der Waals surface area contributed by atoms with Crippen molar-refractivity contribution in [1.29, 1.82) is 0 Å². The summed E-state index contributed by atoms with van der Waals surface area (Å²) in [7, 11) is 1.57. The average molecular weight is 257 g/mol. The van der Waals surface area contributed by atoms with Gasteiger partial charge in [0.2, 0.25) is 11.8 Å². The van der Waals surface area contributed by atoms with Crippen LogP contribution in [-0.2, 0) is 14.3 Å². The normalized spacial score (nSPS) is 17.4. The average Bonchev–Trinajstić information content (AvgIpc) is 2.73. The second-order valence-electron chi connectivity index (χ2n) is 4.87. The van der Waals surface area contributed by atoms with Gasteiger partial charge in [-0.2, -0.15) is 0 Å². The Hall–Kier alpha value is -1.14. The molecule has 18 heavy (non-hydrogen) atoms. The lowest BCUT2D eigenvalue weighted by molar-refractivity contribution is -0.126. The predicted octanol–water partition coefficient (Wildman–Crippen LogP) is -0.473. The Labute approximate surface area is 108 Å². The van der Waals surface area contributed by atoms with Crippen LogP contribution in [0.15, 0.2) is 0 Å². The SMILES string of the molecule is COCCNC(=O)CNC(=O)CC1(N)CCCC1. The summed E-state index contributed by atoms with van der Waals surface area (Å²) in [4.78, 5) is 23.0. The molecule has 1 saturated carbocycles. The zero-order chi connectivity index (χ0) is 13.4. The van der Waals surface area contributed by atoms with Crippen molar-refractivity contribution in [3.8, 4) is 0 Å². The highest BCUT2D eigenvalue weighted by Gasteiger charge is 2.31. The summed E-state index contributed by atoms with van der Waals surface area (Å²) in [5, 5.41) is 5.22. The fourth-order valence-electron chi connectivity index (χ4n) is 2.17. The zero-order valence-corrected chi connectivity index (χ0v) is 11.0. The third-order valence-electron chi connectivity index (χ3n) is 3.19. The van der Waals surface area contributed by atoms with Gasteiger partial charge in [0, 0.05) is 25.6 Å². The second-order valence-corrected chi connectivity index (χ2v) is 4.87. The molecule has 0 saturated heterocycles. The van der Waals surface area contributed by atoms with Gasteiger partial charge < -0.3 is 21.1 Å². The number of hydrogen-bond donors (Lipinski definition) is 3. The number of ether oxygens (including phenoxy) is 1. The molecule has 0 atom stereocenters. The maximum Gasteiger partial charge on any atom is 0.239 e. The molecule has 0 radical (unpaired) electrons. The van der Waals surface area contributed by atoms with Crippen LogP contribution in [0.4, 0.5) is 0 Å². The van der Waals surface area contributed by atoms with E-state index in [0.29, 0.717) is 19.6 Å². The van der Waals surface area contributed by atoms with Crippen molar-refractivity contribution < 1.29 is 14.3 Å². The molecule has 0 bridgehead atoms. The van der Waals surface area contributed by atoms with Crippen LogP contribution in [0.5, 0.6) is 0 Å². The third-order valence-corrected chi connectivity index (χ3v) is 3.19. The Morgan fingerprint density at radius 3 is 2.50 bits per heavy atom. The summed E-state index contributed by atoms with van der Waals surface area (Å²) >= 11 is 0. The van der Waals surface area contributed by atoms with Crippen molar-refractivity contribution in [2.45, 2.75) is 37.6 Å². The number of rotatable bonds is 7. The number of nitrogens with two attached hydrogens (primary N) is 1. The molecular weight excluding hydrogens is 234 g/mol. The number of carbonyl (C=O) groups excluding carboxylic acids is 2. The third kappa shape index (κ3) is 5.46. The van der Waals surface area contributed by atoms with Gasteiger partial charge in [-0.3, -0.25) is 9.59 Å². The molecule has 0 spiro atoms. The smallest absolute Gasteiger partial charge is 0.239 e. The van der Waals surface area contributed by atoms with Crippen LogP contribution in [0.2, 0.25) is 0 Å². The van der Waals surface area contributed by atoms with Crippen molar-refractivity contribution >= 4 is 11.8 Å². The standard InChI is InChI=1S/C12H23N3O3/c1-18-7-6-14-11(17)9-15-10(16)8-12(13)4-2-3-5-12/h2-9,13H2,1H3,(H,14,17)(H,15,16). The lowest BCUT2D eigenvalue weighted by Crippen LogP contribution is -2.44. The lowest BCUT2D eigenvalue weighted by atomic mass is 9.94. The molecule has 1 aliphatic rings. The number of methoxy groups -OCH3 is 1. The molecule has 0 aromatic heterocycles. The first-order valence-electron chi connectivity index (χ1n) is 6.37. The topological polar surface area (TPSA) is 93.5 Å². The molecule has 2 amide bonds. The van der Waals surface area contributed by atoms with Crippen LogP contribution >= 0.6 is 0 Å². The molecule has 0 unspecified atom stereocenters. The Morgan fingerprint density at radius 1 is 1.22 bits per heavy atom. The molecule has 0 aromatic rings. The minimum absolute atomic E-state index is 0.00136. The van der Waals surface area contributed by atoms with E-state index in [1.165, 1.54) is 0 Å². The number of nitrogens with one attached hydrogen (secondary N) is 2. The fraction of sp³-hybridized carbons (Fsp3) is 0.833. The largest absolute Gasteiger partial charge is 0.383 e. The first-order valence-corrected chi connectivity index (χ1v) is 6.37. The summed E-state index contributed by atoms with van der Waals surface area (Å²) in [6.07, 6.45) is 4.25. The van der Waals surface area contributed by atoms with Gasteiger partial charge in [-0.15, -0.1) is 0 Å². The maximum atomic E-state index is 11.6. The summed E-state index contributed by atoms with van der Waals surface area (Å²) in [6, 6.07) is 0. The van der Waals surface area contributed by atoms with Gasteiger partial charge in [-0.1, -0.05) is 12.8 Å². The van der Waals surface area contributed by atoms with E-state index in [0.717, 1.165) is 25.7 Å². The van der Waals surface area contributed by atoms with Crippen LogP contribution < -0.4 is 16.4 Å². The van der Waals surface area contributed by atoms with Crippen molar-refractivity contribution in [3.63, 3.8) is 0 Å². The van der Waals surface area contributed by atoms with E-state index < -0.39 is 0 Å². The summed E-state index contributed by atoms with van der Waals surface area (Å²) in [6.45, 7) is 0.913. The molecule has 6 heteroatoms. The fourth-order valence-corrected chi connectivity index (χ4v) is 2.17. The first kappa shape index (κ1) is 14.9. The Bertz CT molecular complexity index is 288. The Morgan fingerprint density at radius 2 is 1.89 bits per heavy atom. The lowest BCUT2D eigenvalue weighted by Gasteiger charge is -2.22. The molecule has 0 heterocycles. The number of amides is 2. The van der Waals surface area contributed by atoms with Gasteiger partial charge in [0.25, 0.3) is 0 Å². The monoisotopic (exact) mass is 257 g/mol. The first-order chi connectivity index (χ1) is 8.56. The Kier molecular flexibility index (Phi) is 6.07. The van der Waals surface area contributed by atoms with Gasteiger partial charge in [0.05, 0.1) is 13.2 Å². The summed E-state index contributed by atoms with van der Waals surface area (Å²) in [5.74, 6) is -0.362. The van der Waals surface area contributed by atoms with Crippen molar-refractivity contribution in [3.05, 3.63) is 0 Å². The van der Waals surface area contributed by atoms with E-state index >= 15 is 0 Å². The van der Waals surface area contributed by atoms with E-state index in [4.69, 9.17) is 10.5 Å². The van der Waals surface area contributed by atoms with Gasteiger partial charge >= 0.3 is 0 Å². The molecule has 0 aliphatic heterocycles. The summed E-state index contributed by atoms with van der Waals surface area (Å²) in [5.41, 5.74) is 5.72. The molecule has 104 valence electrons. The quantitative estimate of drug-likeness (QED) is 0.537. The van der Waals surface area contributed by atoms with Gasteiger partial charge in [0.1, 0.15) is 0 Å². The minimum Gasteiger partial charge on any atom is -0.383 e. The van der Waals surface area contributed by atoms with E-state index in [-0.39, 0.29) is 23.9 Å². The minimum atomic E-state index is -0.364. The second kappa shape index (κ2) is 7.33. The van der Waals surface area contributed by atoms with Gasteiger partial charge in [0.15, 0.2) is 0 Å². The van der Waals surface area contributed by atoms with E-state index in [9.17, 15) is 9.59 Å². The molecule has 1 aliphatic carbocycles. The molecule has 1 fully saturated rings. The van der Waals surface area contributed by atoms with Crippen molar-refractivity contribution in [2.75, 3.05) is 26.8 Å². The number of carbonyl (C=O) groups is 2. The van der Waals surface area contributed by atoms with E-state index in [2.05, 4.69) is 10.6 Å². The highest BCUT2D eigenvalue weighted by molar-refractivity contribution is 5.85. The molecule has 0 aromatic carbocycles. The van der Waals surface area contributed by atoms with E-state index in [1.54, 1.807) is 7.11 Å². The summed E-state index contributed by atoms with van der Waals surface area (Å²) < 4.78 is 4.80. The highest BCUT2D eigenvalue weighted by atomic mass is 16.5. The molecule has 6 nitrogen and oxygen atoms in total. The maximum absolute atomic E-state index is 11.6. The van der Waals surface area contributed by atoms with Crippen LogP contribution in [0, 0.1) is 0 Å². The molecule has 1 rings (SSSR count). The number of hydrogen-bond acceptors (Lipinski definition) is 4. The van der Waals surface area contributed by atoms with Crippen LogP contribution in [-0.4, -0.2) is 44.2 Å².